The van der Waals surface area contributed by atoms with Crippen LogP contribution in [0.1, 0.15) is 16.7 Å². The molecule has 0 amide bonds. The lowest BCUT2D eigenvalue weighted by molar-refractivity contribution is -0.137. The second kappa shape index (κ2) is 5.07. The first-order valence-electron chi connectivity index (χ1n) is 6.00. The molecule has 0 aromatic heterocycles. The number of benzene rings is 2. The van der Waals surface area contributed by atoms with Crippen molar-refractivity contribution in [2.75, 3.05) is 5.73 Å². The summed E-state index contributed by atoms with van der Waals surface area (Å²) in [7, 11) is 0. The highest BCUT2D eigenvalue weighted by molar-refractivity contribution is 5.55. The smallest absolute Gasteiger partial charge is 0.416 e. The Morgan fingerprint density at radius 3 is 2.05 bits per heavy atom. The Kier molecular flexibility index (Phi) is 3.61. The van der Waals surface area contributed by atoms with Crippen LogP contribution in [0.4, 0.5) is 18.9 Å². The van der Waals surface area contributed by atoms with Gasteiger partial charge in [0.2, 0.25) is 0 Å². The molecule has 106 valence electrons. The third-order valence-corrected chi connectivity index (χ3v) is 3.19. The maximum Gasteiger partial charge on any atom is 0.416 e. The molecule has 0 heterocycles. The van der Waals surface area contributed by atoms with Crippen molar-refractivity contribution in [1.29, 1.82) is 0 Å². The number of rotatable bonds is 2. The van der Waals surface area contributed by atoms with Crippen molar-refractivity contribution in [1.82, 2.24) is 0 Å². The van der Waals surface area contributed by atoms with Gasteiger partial charge < -0.3 is 10.5 Å². The van der Waals surface area contributed by atoms with Crippen LogP contribution in [0.2, 0.25) is 0 Å². The normalized spacial score (nSPS) is 11.4. The number of ether oxygens (including phenoxy) is 1. The summed E-state index contributed by atoms with van der Waals surface area (Å²) < 4.78 is 42.9. The van der Waals surface area contributed by atoms with Gasteiger partial charge in [0.1, 0.15) is 11.5 Å². The summed E-state index contributed by atoms with van der Waals surface area (Å²) >= 11 is 0. The Balaban J connectivity index is 2.25. The minimum Gasteiger partial charge on any atom is -0.457 e. The molecule has 2 aromatic rings. The highest BCUT2D eigenvalue weighted by atomic mass is 19.4. The van der Waals surface area contributed by atoms with Crippen LogP contribution < -0.4 is 10.5 Å². The van der Waals surface area contributed by atoms with E-state index in [1.807, 2.05) is 13.8 Å². The van der Waals surface area contributed by atoms with Crippen LogP contribution in [-0.4, -0.2) is 0 Å². The number of anilines is 1. The van der Waals surface area contributed by atoms with Gasteiger partial charge in [-0.25, -0.2) is 0 Å². The lowest BCUT2D eigenvalue weighted by Crippen LogP contribution is -2.04. The number of hydrogen-bond donors (Lipinski definition) is 1. The Bertz CT molecular complexity index is 618. The zero-order valence-corrected chi connectivity index (χ0v) is 11.1. The average molecular weight is 281 g/mol. The third-order valence-electron chi connectivity index (χ3n) is 3.19. The van der Waals surface area contributed by atoms with E-state index in [-0.39, 0.29) is 0 Å². The third kappa shape index (κ3) is 2.87. The van der Waals surface area contributed by atoms with Gasteiger partial charge in [-0.15, -0.1) is 0 Å². The molecule has 2 nitrogen and oxygen atoms in total. The van der Waals surface area contributed by atoms with Crippen LogP contribution in [0.3, 0.4) is 0 Å². The lowest BCUT2D eigenvalue weighted by atomic mass is 10.1. The Labute approximate surface area is 115 Å². The zero-order chi connectivity index (χ0) is 14.9. The van der Waals surface area contributed by atoms with Crippen LogP contribution in [0.5, 0.6) is 11.5 Å². The predicted octanol–water partition coefficient (Wildman–Crippen LogP) is 4.70. The van der Waals surface area contributed by atoms with Gasteiger partial charge in [0.15, 0.2) is 0 Å². The van der Waals surface area contributed by atoms with E-state index in [1.54, 1.807) is 12.1 Å². The minimum atomic E-state index is -4.34. The fraction of sp³-hybridized carbons (Fsp3) is 0.200. The average Bonchev–Trinajstić information content (AvgIpc) is 2.39. The molecule has 5 heteroatoms. The van der Waals surface area contributed by atoms with E-state index in [1.165, 1.54) is 12.1 Å². The summed E-state index contributed by atoms with van der Waals surface area (Å²) in [6, 6.07) is 8.00. The van der Waals surface area contributed by atoms with Gasteiger partial charge in [-0.2, -0.15) is 13.2 Å². The van der Waals surface area contributed by atoms with Gasteiger partial charge >= 0.3 is 6.18 Å². The highest BCUT2D eigenvalue weighted by Gasteiger charge is 2.30. The van der Waals surface area contributed by atoms with Gasteiger partial charge in [-0.05, 0) is 61.4 Å². The summed E-state index contributed by atoms with van der Waals surface area (Å²) in [5, 5.41) is 0. The molecule has 2 N–H and O–H groups in total. The minimum absolute atomic E-state index is 0.352. The number of hydrogen-bond acceptors (Lipinski definition) is 2. The van der Waals surface area contributed by atoms with Gasteiger partial charge in [0, 0.05) is 5.69 Å². The largest absolute Gasteiger partial charge is 0.457 e. The number of alkyl halides is 3. The van der Waals surface area contributed by atoms with Crippen molar-refractivity contribution in [2.45, 2.75) is 20.0 Å². The highest BCUT2D eigenvalue weighted by Crippen LogP contribution is 2.33. The second-order valence-corrected chi connectivity index (χ2v) is 4.53. The van der Waals surface area contributed by atoms with Crippen LogP contribution in [0, 0.1) is 13.8 Å². The molecular formula is C15H14F3NO. The first kappa shape index (κ1) is 14.2. The van der Waals surface area contributed by atoms with Crippen molar-refractivity contribution in [3.05, 3.63) is 53.1 Å². The molecule has 20 heavy (non-hydrogen) atoms. The van der Waals surface area contributed by atoms with Crippen LogP contribution >= 0.6 is 0 Å². The van der Waals surface area contributed by atoms with Crippen molar-refractivity contribution in [2.24, 2.45) is 0 Å². The predicted molar refractivity (Wildman–Crippen MR) is 71.8 cm³/mol. The molecule has 0 bridgehead atoms. The first-order chi connectivity index (χ1) is 9.29. The van der Waals surface area contributed by atoms with Crippen molar-refractivity contribution in [3.63, 3.8) is 0 Å². The fourth-order valence-corrected chi connectivity index (χ4v) is 1.77. The van der Waals surface area contributed by atoms with E-state index in [0.29, 0.717) is 17.2 Å². The van der Waals surface area contributed by atoms with Crippen molar-refractivity contribution >= 4 is 5.69 Å². The molecule has 0 atom stereocenters. The standard InChI is InChI=1S/C15H14F3NO/c1-9-10(2)14(8-7-13(9)19)20-12-5-3-11(4-6-12)15(16,17)18/h3-8H,19H2,1-2H3. The second-order valence-electron chi connectivity index (χ2n) is 4.53. The molecule has 0 radical (unpaired) electrons. The first-order valence-corrected chi connectivity index (χ1v) is 6.00. The Morgan fingerprint density at radius 1 is 0.900 bits per heavy atom. The Morgan fingerprint density at radius 2 is 1.50 bits per heavy atom. The van der Waals surface area contributed by atoms with Gasteiger partial charge in [0.05, 0.1) is 5.56 Å². The zero-order valence-electron chi connectivity index (χ0n) is 11.1. The van der Waals surface area contributed by atoms with Gasteiger partial charge in [-0.3, -0.25) is 0 Å². The summed E-state index contributed by atoms with van der Waals surface area (Å²) in [6.07, 6.45) is -4.34. The molecule has 0 unspecified atom stereocenters. The molecule has 0 saturated carbocycles. The van der Waals surface area contributed by atoms with Crippen molar-refractivity contribution in [3.8, 4) is 11.5 Å². The molecule has 0 aliphatic rings. The SMILES string of the molecule is Cc1c(N)ccc(Oc2ccc(C(F)(F)F)cc2)c1C. The number of nitrogen functional groups attached to an aromatic ring is 1. The monoisotopic (exact) mass is 281 g/mol. The summed E-state index contributed by atoms with van der Waals surface area (Å²) in [4.78, 5) is 0. The maximum absolute atomic E-state index is 12.5. The fourth-order valence-electron chi connectivity index (χ4n) is 1.77. The quantitative estimate of drug-likeness (QED) is 0.810. The molecule has 2 rings (SSSR count). The molecular weight excluding hydrogens is 267 g/mol. The van der Waals surface area contributed by atoms with Crippen LogP contribution in [-0.2, 0) is 6.18 Å². The lowest BCUT2D eigenvalue weighted by Gasteiger charge is -2.13. The van der Waals surface area contributed by atoms with E-state index in [9.17, 15) is 13.2 Å². The molecule has 0 spiro atoms. The van der Waals surface area contributed by atoms with E-state index in [2.05, 4.69) is 0 Å². The van der Waals surface area contributed by atoms with E-state index in [0.717, 1.165) is 23.3 Å². The Hall–Kier alpha value is -2.17. The molecule has 0 aliphatic carbocycles. The van der Waals surface area contributed by atoms with Crippen LogP contribution in [0.15, 0.2) is 36.4 Å². The van der Waals surface area contributed by atoms with E-state index >= 15 is 0 Å². The molecule has 0 aliphatic heterocycles. The summed E-state index contributed by atoms with van der Waals surface area (Å²) in [5.41, 5.74) is 7.49. The molecule has 2 aromatic carbocycles. The molecule has 0 fully saturated rings. The molecule has 0 saturated heterocycles. The van der Waals surface area contributed by atoms with Gasteiger partial charge in [0.25, 0.3) is 0 Å². The topological polar surface area (TPSA) is 35.2 Å². The maximum atomic E-state index is 12.5. The number of nitrogens with two attached hydrogens (primary N) is 1. The van der Waals surface area contributed by atoms with Crippen molar-refractivity contribution < 1.29 is 17.9 Å². The number of halogens is 3. The van der Waals surface area contributed by atoms with E-state index in [4.69, 9.17) is 10.5 Å². The summed E-state index contributed by atoms with van der Waals surface area (Å²) in [5.74, 6) is 0.932. The van der Waals surface area contributed by atoms with Crippen LogP contribution in [0.25, 0.3) is 0 Å². The van der Waals surface area contributed by atoms with E-state index < -0.39 is 11.7 Å². The summed E-state index contributed by atoms with van der Waals surface area (Å²) in [6.45, 7) is 3.72. The van der Waals surface area contributed by atoms with Gasteiger partial charge in [-0.1, -0.05) is 0 Å².